The van der Waals surface area contributed by atoms with Gasteiger partial charge in [-0.05, 0) is 36.0 Å². The van der Waals surface area contributed by atoms with Crippen molar-refractivity contribution in [2.24, 2.45) is 16.3 Å². The zero-order valence-corrected chi connectivity index (χ0v) is 15.8. The van der Waals surface area contributed by atoms with Crippen molar-refractivity contribution in [2.75, 3.05) is 20.2 Å². The third-order valence-electron chi connectivity index (χ3n) is 4.60. The van der Waals surface area contributed by atoms with E-state index in [9.17, 15) is 0 Å². The summed E-state index contributed by atoms with van der Waals surface area (Å²) in [6.07, 6.45) is 2.57. The Hall–Kier alpha value is -2.06. The molecule has 0 aromatic heterocycles. The quantitative estimate of drug-likeness (QED) is 0.652. The van der Waals surface area contributed by atoms with Gasteiger partial charge in [-0.2, -0.15) is 5.26 Å². The van der Waals surface area contributed by atoms with Gasteiger partial charge in [0.05, 0.1) is 17.7 Å². The van der Waals surface area contributed by atoms with E-state index in [-0.39, 0.29) is 11.5 Å². The number of benzene rings is 1. The number of nitrogens with zero attached hydrogens (tertiary/aromatic N) is 2. The molecule has 0 aliphatic carbocycles. The van der Waals surface area contributed by atoms with Crippen molar-refractivity contribution in [3.8, 4) is 6.07 Å². The molecule has 5 heteroatoms. The topological polar surface area (TPSA) is 69.4 Å². The van der Waals surface area contributed by atoms with Crippen molar-refractivity contribution in [1.82, 2.24) is 10.6 Å². The van der Waals surface area contributed by atoms with Crippen LogP contribution in [0.4, 0.5) is 0 Å². The fraction of sp³-hybridized carbons (Fsp3) is 0.600. The molecule has 2 atom stereocenters. The zero-order chi connectivity index (χ0) is 18.3. The number of guanidine groups is 1. The van der Waals surface area contributed by atoms with Crippen molar-refractivity contribution in [3.05, 3.63) is 35.4 Å². The lowest BCUT2D eigenvalue weighted by molar-refractivity contribution is -0.0835. The maximum atomic E-state index is 8.85. The van der Waals surface area contributed by atoms with Crippen molar-refractivity contribution < 1.29 is 4.74 Å². The molecule has 1 aromatic carbocycles. The maximum Gasteiger partial charge on any atom is 0.191 e. The first-order valence-corrected chi connectivity index (χ1v) is 8.99. The fourth-order valence-electron chi connectivity index (χ4n) is 3.34. The molecule has 1 aliphatic rings. The highest BCUT2D eigenvalue weighted by molar-refractivity contribution is 5.79. The average molecular weight is 342 g/mol. The number of rotatable bonds is 4. The van der Waals surface area contributed by atoms with Gasteiger partial charge in [-0.1, -0.05) is 32.9 Å². The Morgan fingerprint density at radius 2 is 2.00 bits per heavy atom. The van der Waals surface area contributed by atoms with Gasteiger partial charge >= 0.3 is 0 Å². The SMILES string of the molecule is CN=C(NCc1ccc(C#N)cc1)NCC1CCCOC1C(C)(C)C. The van der Waals surface area contributed by atoms with Crippen molar-refractivity contribution in [3.63, 3.8) is 0 Å². The Morgan fingerprint density at radius 1 is 1.28 bits per heavy atom. The Morgan fingerprint density at radius 3 is 2.60 bits per heavy atom. The van der Waals surface area contributed by atoms with Gasteiger partial charge in [-0.3, -0.25) is 4.99 Å². The number of nitriles is 1. The lowest BCUT2D eigenvalue weighted by atomic mass is 9.78. The van der Waals surface area contributed by atoms with Crippen LogP contribution in [0.15, 0.2) is 29.3 Å². The van der Waals surface area contributed by atoms with E-state index < -0.39 is 0 Å². The van der Waals surface area contributed by atoms with Crippen LogP contribution < -0.4 is 10.6 Å². The molecule has 1 heterocycles. The van der Waals surface area contributed by atoms with Crippen LogP contribution in [0.1, 0.15) is 44.7 Å². The summed E-state index contributed by atoms with van der Waals surface area (Å²) in [5.41, 5.74) is 1.94. The second kappa shape index (κ2) is 8.87. The Bertz CT molecular complexity index is 610. The predicted molar refractivity (Wildman–Crippen MR) is 101 cm³/mol. The third-order valence-corrected chi connectivity index (χ3v) is 4.60. The van der Waals surface area contributed by atoms with E-state index in [1.807, 2.05) is 24.3 Å². The Balaban J connectivity index is 1.85. The standard InChI is InChI=1S/C20H30N4O/c1-20(2,3)18-17(6-5-11-25-18)14-24-19(22-4)23-13-16-9-7-15(12-21)8-10-16/h7-10,17-18H,5-6,11,13-14H2,1-4H3,(H2,22,23,24). The van der Waals surface area contributed by atoms with Crippen LogP contribution >= 0.6 is 0 Å². The summed E-state index contributed by atoms with van der Waals surface area (Å²) in [7, 11) is 1.78. The van der Waals surface area contributed by atoms with Crippen molar-refractivity contribution >= 4 is 5.96 Å². The van der Waals surface area contributed by atoms with Gasteiger partial charge in [-0.25, -0.2) is 0 Å². The van der Waals surface area contributed by atoms with Crippen molar-refractivity contribution in [2.45, 2.75) is 46.3 Å². The first-order valence-electron chi connectivity index (χ1n) is 8.99. The van der Waals surface area contributed by atoms with Gasteiger partial charge in [0.1, 0.15) is 0 Å². The summed E-state index contributed by atoms with van der Waals surface area (Å²) in [5, 5.41) is 15.6. The molecule has 1 saturated heterocycles. The second-order valence-electron chi connectivity index (χ2n) is 7.68. The van der Waals surface area contributed by atoms with Crippen molar-refractivity contribution in [1.29, 1.82) is 5.26 Å². The van der Waals surface area contributed by atoms with Crippen LogP contribution in [0.5, 0.6) is 0 Å². The highest BCUT2D eigenvalue weighted by atomic mass is 16.5. The fourth-order valence-corrected chi connectivity index (χ4v) is 3.34. The molecule has 1 fully saturated rings. The van der Waals surface area contributed by atoms with E-state index in [0.29, 0.717) is 18.0 Å². The van der Waals surface area contributed by atoms with Crippen LogP contribution in [-0.2, 0) is 11.3 Å². The lowest BCUT2D eigenvalue weighted by Gasteiger charge is -2.40. The van der Waals surface area contributed by atoms with E-state index in [4.69, 9.17) is 10.00 Å². The maximum absolute atomic E-state index is 8.85. The Labute approximate surface area is 151 Å². The van der Waals surface area contributed by atoms with E-state index >= 15 is 0 Å². The van der Waals surface area contributed by atoms with Gasteiger partial charge < -0.3 is 15.4 Å². The molecule has 2 rings (SSSR count). The van der Waals surface area contributed by atoms with Crippen LogP contribution in [-0.4, -0.2) is 32.3 Å². The van der Waals surface area contributed by atoms with Crippen LogP contribution in [0, 0.1) is 22.7 Å². The van der Waals surface area contributed by atoms with Gasteiger partial charge in [0.2, 0.25) is 0 Å². The molecule has 1 aliphatic heterocycles. The predicted octanol–water partition coefficient (Wildman–Crippen LogP) is 3.06. The average Bonchev–Trinajstić information content (AvgIpc) is 2.62. The number of hydrogen-bond acceptors (Lipinski definition) is 3. The molecule has 1 aromatic rings. The summed E-state index contributed by atoms with van der Waals surface area (Å²) in [6.45, 7) is 9.13. The summed E-state index contributed by atoms with van der Waals surface area (Å²) < 4.78 is 6.05. The van der Waals surface area contributed by atoms with E-state index in [1.54, 1.807) is 7.05 Å². The normalized spacial score (nSPS) is 21.5. The van der Waals surface area contributed by atoms with E-state index in [2.05, 4.69) is 42.5 Å². The van der Waals surface area contributed by atoms with Gasteiger partial charge in [0.25, 0.3) is 0 Å². The molecule has 0 amide bonds. The zero-order valence-electron chi connectivity index (χ0n) is 15.8. The summed E-state index contributed by atoms with van der Waals surface area (Å²) in [5.74, 6) is 1.28. The first-order chi connectivity index (χ1) is 11.9. The van der Waals surface area contributed by atoms with E-state index in [1.165, 1.54) is 6.42 Å². The molecule has 0 radical (unpaired) electrons. The minimum Gasteiger partial charge on any atom is -0.377 e. The monoisotopic (exact) mass is 342 g/mol. The largest absolute Gasteiger partial charge is 0.377 e. The van der Waals surface area contributed by atoms with E-state index in [0.717, 1.165) is 31.1 Å². The lowest BCUT2D eigenvalue weighted by Crippen LogP contribution is -2.47. The highest BCUT2D eigenvalue weighted by Crippen LogP contribution is 2.33. The minimum atomic E-state index is 0.145. The third kappa shape index (κ3) is 5.75. The number of ether oxygens (including phenoxy) is 1. The minimum absolute atomic E-state index is 0.145. The summed E-state index contributed by atoms with van der Waals surface area (Å²) >= 11 is 0. The highest BCUT2D eigenvalue weighted by Gasteiger charge is 2.35. The molecular formula is C20H30N4O. The van der Waals surface area contributed by atoms with Gasteiger partial charge in [-0.15, -0.1) is 0 Å². The molecule has 25 heavy (non-hydrogen) atoms. The number of aliphatic imine (C=N–C) groups is 1. The Kier molecular flexibility index (Phi) is 6.83. The molecule has 136 valence electrons. The molecule has 0 bridgehead atoms. The van der Waals surface area contributed by atoms with Crippen LogP contribution in [0.3, 0.4) is 0 Å². The molecule has 2 N–H and O–H groups in total. The smallest absolute Gasteiger partial charge is 0.191 e. The molecule has 0 saturated carbocycles. The second-order valence-corrected chi connectivity index (χ2v) is 7.68. The summed E-state index contributed by atoms with van der Waals surface area (Å²) in [6, 6.07) is 9.73. The molecule has 2 unspecified atom stereocenters. The number of hydrogen-bond donors (Lipinski definition) is 2. The molecule has 5 nitrogen and oxygen atoms in total. The molecule has 0 spiro atoms. The van der Waals surface area contributed by atoms with Crippen LogP contribution in [0.2, 0.25) is 0 Å². The summed E-state index contributed by atoms with van der Waals surface area (Å²) in [4.78, 5) is 4.31. The number of nitrogens with one attached hydrogen (secondary N) is 2. The molecular weight excluding hydrogens is 312 g/mol. The van der Waals surface area contributed by atoms with Crippen LogP contribution in [0.25, 0.3) is 0 Å². The first kappa shape index (κ1) is 19.3. The van der Waals surface area contributed by atoms with Gasteiger partial charge in [0.15, 0.2) is 5.96 Å². The van der Waals surface area contributed by atoms with Gasteiger partial charge in [0, 0.05) is 32.7 Å².